The Kier molecular flexibility index (Phi) is 6.64. The van der Waals surface area contributed by atoms with Crippen LogP contribution >= 0.6 is 0 Å². The van der Waals surface area contributed by atoms with E-state index in [1.165, 1.54) is 48.2 Å². The molecule has 170 valence electrons. The summed E-state index contributed by atoms with van der Waals surface area (Å²) in [4.78, 5) is 40.0. The average molecular weight is 445 g/mol. The number of carbonyl (C=O) groups excluding carboxylic acids is 3. The van der Waals surface area contributed by atoms with Gasteiger partial charge in [-0.2, -0.15) is 0 Å². The van der Waals surface area contributed by atoms with Crippen LogP contribution in [-0.2, 0) is 30.3 Å². The molecule has 0 spiro atoms. The Morgan fingerprint density at radius 2 is 1.53 bits per heavy atom. The largest absolute Gasteiger partial charge is 0.496 e. The number of fused-ring (bicyclic) bond motifs is 2. The van der Waals surface area contributed by atoms with Crippen LogP contribution in [0, 0.1) is 0 Å². The first kappa shape index (κ1) is 23.0. The highest BCUT2D eigenvalue weighted by molar-refractivity contribution is 6.00. The molecule has 0 saturated carbocycles. The number of carbonyl (C=O) groups is 3. The van der Waals surface area contributed by atoms with Crippen LogP contribution in [0.2, 0.25) is 0 Å². The van der Waals surface area contributed by atoms with E-state index in [2.05, 4.69) is 4.98 Å². The van der Waals surface area contributed by atoms with Crippen LogP contribution in [0.4, 0.5) is 0 Å². The van der Waals surface area contributed by atoms with Crippen LogP contribution in [0.1, 0.15) is 38.0 Å². The van der Waals surface area contributed by atoms with Gasteiger partial charge in [-0.3, -0.25) is 14.4 Å². The molecule has 3 rings (SSSR count). The maximum Gasteiger partial charge on any atom is 0.308 e. The summed E-state index contributed by atoms with van der Waals surface area (Å²) < 4.78 is 32.8. The highest BCUT2D eigenvalue weighted by atomic mass is 16.6. The summed E-state index contributed by atoms with van der Waals surface area (Å²) in [6, 6.07) is 1.51. The Bertz CT molecular complexity index is 1140. The van der Waals surface area contributed by atoms with E-state index >= 15 is 0 Å². The molecule has 0 saturated heterocycles. The number of esters is 3. The lowest BCUT2D eigenvalue weighted by atomic mass is 9.89. The SMILES string of the molecule is COc1cc(OC)c2c(OC(C)=O)c3c(c(OC(C)=O)c2n1)C(OC)C=C(OC(C)=O)C3. The Balaban J connectivity index is 2.49. The molecule has 32 heavy (non-hydrogen) atoms. The summed E-state index contributed by atoms with van der Waals surface area (Å²) in [5.74, 6) is -0.724. The van der Waals surface area contributed by atoms with Gasteiger partial charge in [-0.1, -0.05) is 0 Å². The number of benzene rings is 1. The molecule has 1 atom stereocenters. The van der Waals surface area contributed by atoms with Crippen molar-refractivity contribution in [3.63, 3.8) is 0 Å². The van der Waals surface area contributed by atoms with Crippen molar-refractivity contribution in [1.82, 2.24) is 4.98 Å². The zero-order valence-electron chi connectivity index (χ0n) is 18.6. The molecule has 0 fully saturated rings. The summed E-state index contributed by atoms with van der Waals surface area (Å²) in [6.45, 7) is 3.77. The van der Waals surface area contributed by atoms with Gasteiger partial charge in [0.2, 0.25) is 5.88 Å². The third-order valence-electron chi connectivity index (χ3n) is 4.67. The fraction of sp³-hybridized carbons (Fsp3) is 0.364. The molecule has 2 aromatic rings. The molecule has 10 heteroatoms. The van der Waals surface area contributed by atoms with Crippen molar-refractivity contribution in [3.05, 3.63) is 29.0 Å². The molecule has 0 N–H and O–H groups in total. The molecule has 1 heterocycles. The van der Waals surface area contributed by atoms with Crippen LogP contribution in [0.25, 0.3) is 10.9 Å². The number of nitrogens with zero attached hydrogens (tertiary/aromatic N) is 1. The number of rotatable bonds is 6. The van der Waals surface area contributed by atoms with Crippen molar-refractivity contribution < 1.29 is 42.8 Å². The van der Waals surface area contributed by atoms with Crippen molar-refractivity contribution in [2.75, 3.05) is 21.3 Å². The molecule has 0 aliphatic heterocycles. The summed E-state index contributed by atoms with van der Waals surface area (Å²) in [5.41, 5.74) is 1.02. The Morgan fingerprint density at radius 3 is 2.06 bits per heavy atom. The third kappa shape index (κ3) is 4.35. The van der Waals surface area contributed by atoms with Gasteiger partial charge in [0.05, 0.1) is 19.6 Å². The van der Waals surface area contributed by atoms with Gasteiger partial charge in [0.15, 0.2) is 5.75 Å². The number of methoxy groups -OCH3 is 3. The quantitative estimate of drug-likeness (QED) is 0.485. The first-order valence-corrected chi connectivity index (χ1v) is 9.60. The number of hydrogen-bond donors (Lipinski definition) is 0. The Hall–Kier alpha value is -3.66. The number of allylic oxidation sites excluding steroid dienone is 1. The summed E-state index contributed by atoms with van der Waals surface area (Å²) in [6.07, 6.45) is 0.856. The molecular weight excluding hydrogens is 422 g/mol. The minimum atomic E-state index is -0.792. The van der Waals surface area contributed by atoms with E-state index in [0.717, 1.165) is 0 Å². The van der Waals surface area contributed by atoms with Crippen molar-refractivity contribution in [3.8, 4) is 23.1 Å². The van der Waals surface area contributed by atoms with Gasteiger partial charge < -0.3 is 28.4 Å². The third-order valence-corrected chi connectivity index (χ3v) is 4.67. The predicted molar refractivity (Wildman–Crippen MR) is 111 cm³/mol. The van der Waals surface area contributed by atoms with Crippen LogP contribution in [0.15, 0.2) is 17.9 Å². The molecule has 0 bridgehead atoms. The highest BCUT2D eigenvalue weighted by Gasteiger charge is 2.34. The van der Waals surface area contributed by atoms with Crippen LogP contribution in [0.5, 0.6) is 23.1 Å². The lowest BCUT2D eigenvalue weighted by Crippen LogP contribution is -2.19. The van der Waals surface area contributed by atoms with Crippen LogP contribution in [0.3, 0.4) is 0 Å². The molecule has 10 nitrogen and oxygen atoms in total. The second kappa shape index (κ2) is 9.23. The zero-order chi connectivity index (χ0) is 23.6. The molecule has 1 unspecified atom stereocenters. The highest BCUT2D eigenvalue weighted by Crippen LogP contribution is 2.50. The first-order valence-electron chi connectivity index (χ1n) is 9.60. The number of aromatic nitrogens is 1. The lowest BCUT2D eigenvalue weighted by Gasteiger charge is -2.28. The number of ether oxygens (including phenoxy) is 6. The fourth-order valence-electron chi connectivity index (χ4n) is 3.59. The van der Waals surface area contributed by atoms with Gasteiger partial charge >= 0.3 is 17.9 Å². The molecule has 0 amide bonds. The molecule has 1 aromatic heterocycles. The zero-order valence-corrected chi connectivity index (χ0v) is 18.6. The minimum Gasteiger partial charge on any atom is -0.496 e. The van der Waals surface area contributed by atoms with E-state index in [-0.39, 0.29) is 40.5 Å². The van der Waals surface area contributed by atoms with Crippen molar-refractivity contribution in [1.29, 1.82) is 0 Å². The van der Waals surface area contributed by atoms with Gasteiger partial charge in [-0.05, 0) is 6.08 Å². The van der Waals surface area contributed by atoms with E-state index in [9.17, 15) is 14.4 Å². The molecule has 1 aliphatic carbocycles. The normalized spacial score (nSPS) is 14.8. The monoisotopic (exact) mass is 445 g/mol. The van der Waals surface area contributed by atoms with E-state index in [0.29, 0.717) is 16.9 Å². The molecule has 1 aromatic carbocycles. The first-order chi connectivity index (χ1) is 15.2. The van der Waals surface area contributed by atoms with Gasteiger partial charge in [-0.15, -0.1) is 0 Å². The standard InChI is InChI=1S/C22H23NO9/c1-10(24)30-13-7-14-18(15(8-13)27-4)22(32-12(3)26)20-19(21(14)31-11(2)25)16(28-5)9-17(23-20)29-6/h8-9,15H,7H2,1-6H3. The fourth-order valence-corrected chi connectivity index (χ4v) is 3.59. The van der Waals surface area contributed by atoms with E-state index in [1.807, 2.05) is 0 Å². The number of hydrogen-bond acceptors (Lipinski definition) is 10. The van der Waals surface area contributed by atoms with Crippen molar-refractivity contribution in [2.45, 2.75) is 33.3 Å². The van der Waals surface area contributed by atoms with Gasteiger partial charge in [0.25, 0.3) is 0 Å². The topological polar surface area (TPSA) is 119 Å². The predicted octanol–water partition coefficient (Wildman–Crippen LogP) is 2.79. The van der Waals surface area contributed by atoms with Gasteiger partial charge in [-0.25, -0.2) is 4.98 Å². The summed E-state index contributed by atoms with van der Waals surface area (Å²) in [5, 5.41) is 0.289. The van der Waals surface area contributed by atoms with E-state index in [1.54, 1.807) is 6.08 Å². The Labute approximate surface area is 184 Å². The summed E-state index contributed by atoms with van der Waals surface area (Å²) in [7, 11) is 4.30. The maximum atomic E-state index is 12.0. The van der Waals surface area contributed by atoms with Crippen LogP contribution in [-0.4, -0.2) is 44.2 Å². The number of pyridine rings is 1. The second-order valence-corrected chi connectivity index (χ2v) is 6.89. The van der Waals surface area contributed by atoms with Gasteiger partial charge in [0.1, 0.15) is 28.9 Å². The smallest absolute Gasteiger partial charge is 0.308 e. The molecule has 0 radical (unpaired) electrons. The average Bonchev–Trinajstić information content (AvgIpc) is 2.73. The Morgan fingerprint density at radius 1 is 0.906 bits per heavy atom. The van der Waals surface area contributed by atoms with E-state index < -0.39 is 24.0 Å². The van der Waals surface area contributed by atoms with Crippen LogP contribution < -0.4 is 18.9 Å². The maximum absolute atomic E-state index is 12.0. The van der Waals surface area contributed by atoms with Gasteiger partial charge in [0, 0.05) is 51.5 Å². The van der Waals surface area contributed by atoms with Crippen molar-refractivity contribution in [2.24, 2.45) is 0 Å². The second-order valence-electron chi connectivity index (χ2n) is 6.89. The lowest BCUT2D eigenvalue weighted by molar-refractivity contribution is -0.137. The van der Waals surface area contributed by atoms with E-state index in [4.69, 9.17) is 28.4 Å². The minimum absolute atomic E-state index is 0.0662. The molecule has 1 aliphatic rings. The summed E-state index contributed by atoms with van der Waals surface area (Å²) >= 11 is 0. The van der Waals surface area contributed by atoms with Crippen molar-refractivity contribution >= 4 is 28.8 Å². The molecular formula is C22H23NO9.